The van der Waals surface area contributed by atoms with Crippen LogP contribution in [0.25, 0.3) is 22.8 Å². The molecular weight excluding hydrogens is 354 g/mol. The summed E-state index contributed by atoms with van der Waals surface area (Å²) in [5.74, 6) is 1.75. The van der Waals surface area contributed by atoms with E-state index >= 15 is 0 Å². The van der Waals surface area contributed by atoms with Crippen LogP contribution in [0.3, 0.4) is 0 Å². The molecule has 1 N–H and O–H groups in total. The van der Waals surface area contributed by atoms with Crippen molar-refractivity contribution in [3.63, 3.8) is 0 Å². The molecule has 1 aromatic heterocycles. The van der Waals surface area contributed by atoms with Gasteiger partial charge in [0.25, 0.3) is 5.89 Å². The first kappa shape index (κ1) is 18.2. The van der Waals surface area contributed by atoms with Crippen LogP contribution in [0.4, 0.5) is 0 Å². The van der Waals surface area contributed by atoms with Gasteiger partial charge in [0.05, 0.1) is 18.3 Å². The van der Waals surface area contributed by atoms with Crippen LogP contribution >= 0.6 is 0 Å². The number of nitriles is 1. The molecule has 4 rings (SSSR count). The molecule has 28 heavy (non-hydrogen) atoms. The van der Waals surface area contributed by atoms with Gasteiger partial charge in [-0.2, -0.15) is 10.2 Å². The number of ether oxygens (including phenoxy) is 1. The first-order valence-corrected chi connectivity index (χ1v) is 9.38. The SMILES string of the molecule is CC(C)COc1ccc(-c2nc(-c3cccc4c3CCC4O)no2)cc1C#N. The highest BCUT2D eigenvalue weighted by atomic mass is 16.5. The number of hydrogen-bond donors (Lipinski definition) is 1. The van der Waals surface area contributed by atoms with E-state index in [2.05, 4.69) is 30.1 Å². The molecule has 0 spiro atoms. The second kappa shape index (κ2) is 7.45. The van der Waals surface area contributed by atoms with Crippen LogP contribution in [0.15, 0.2) is 40.9 Å². The Labute approximate surface area is 163 Å². The summed E-state index contributed by atoms with van der Waals surface area (Å²) in [5, 5.41) is 23.7. The fraction of sp³-hybridized carbons (Fsp3) is 0.318. The Hall–Kier alpha value is -3.17. The Bertz CT molecular complexity index is 1050. The zero-order valence-electron chi connectivity index (χ0n) is 15.8. The first-order chi connectivity index (χ1) is 13.6. The minimum Gasteiger partial charge on any atom is -0.492 e. The van der Waals surface area contributed by atoms with Crippen molar-refractivity contribution in [3.05, 3.63) is 53.1 Å². The minimum atomic E-state index is -0.433. The Balaban J connectivity index is 1.65. The van der Waals surface area contributed by atoms with E-state index in [1.165, 1.54) is 0 Å². The fourth-order valence-corrected chi connectivity index (χ4v) is 3.42. The molecule has 3 aromatic rings. The van der Waals surface area contributed by atoms with E-state index in [-0.39, 0.29) is 0 Å². The lowest BCUT2D eigenvalue weighted by atomic mass is 10.0. The standard InChI is InChI=1S/C22H21N3O3/c1-13(2)12-27-20-9-6-14(10-15(20)11-23)22-24-21(25-28-22)18-5-3-4-17-16(18)7-8-19(17)26/h3-6,9-10,13,19,26H,7-8,12H2,1-2H3. The summed E-state index contributed by atoms with van der Waals surface area (Å²) in [5.41, 5.74) is 3.97. The summed E-state index contributed by atoms with van der Waals surface area (Å²) in [7, 11) is 0. The smallest absolute Gasteiger partial charge is 0.258 e. The second-order valence-corrected chi connectivity index (χ2v) is 7.38. The summed E-state index contributed by atoms with van der Waals surface area (Å²) >= 11 is 0. The van der Waals surface area contributed by atoms with E-state index in [4.69, 9.17) is 9.26 Å². The highest BCUT2D eigenvalue weighted by molar-refractivity contribution is 5.67. The second-order valence-electron chi connectivity index (χ2n) is 7.38. The number of nitrogens with zero attached hydrogens (tertiary/aromatic N) is 3. The third kappa shape index (κ3) is 3.37. The maximum Gasteiger partial charge on any atom is 0.258 e. The third-order valence-corrected chi connectivity index (χ3v) is 4.83. The molecule has 0 saturated heterocycles. The molecule has 0 radical (unpaired) electrons. The maximum atomic E-state index is 10.1. The Kier molecular flexibility index (Phi) is 4.84. The summed E-state index contributed by atoms with van der Waals surface area (Å²) in [6.45, 7) is 4.66. The monoisotopic (exact) mass is 375 g/mol. The van der Waals surface area contributed by atoms with Gasteiger partial charge in [-0.1, -0.05) is 37.2 Å². The van der Waals surface area contributed by atoms with E-state index in [1.54, 1.807) is 12.1 Å². The summed E-state index contributed by atoms with van der Waals surface area (Å²) in [6, 6.07) is 13.2. The molecule has 0 amide bonds. The lowest BCUT2D eigenvalue weighted by molar-refractivity contribution is 0.180. The van der Waals surface area contributed by atoms with Crippen LogP contribution < -0.4 is 4.74 Å². The normalized spacial score (nSPS) is 15.5. The van der Waals surface area contributed by atoms with Gasteiger partial charge in [0, 0.05) is 11.1 Å². The molecule has 0 saturated carbocycles. The molecule has 1 atom stereocenters. The van der Waals surface area contributed by atoms with Crippen LogP contribution in [0.1, 0.15) is 43.1 Å². The van der Waals surface area contributed by atoms with Crippen LogP contribution in [-0.2, 0) is 6.42 Å². The molecule has 6 heteroatoms. The quantitative estimate of drug-likeness (QED) is 0.715. The first-order valence-electron chi connectivity index (χ1n) is 9.38. The molecular formula is C22H21N3O3. The number of aliphatic hydroxyl groups is 1. The predicted molar refractivity (Wildman–Crippen MR) is 103 cm³/mol. The Morgan fingerprint density at radius 2 is 2.18 bits per heavy atom. The lowest BCUT2D eigenvalue weighted by Gasteiger charge is -2.10. The molecule has 6 nitrogen and oxygen atoms in total. The topological polar surface area (TPSA) is 92.2 Å². The molecule has 1 heterocycles. The molecule has 1 aliphatic carbocycles. The average Bonchev–Trinajstić information content (AvgIpc) is 3.33. The largest absolute Gasteiger partial charge is 0.492 e. The third-order valence-electron chi connectivity index (χ3n) is 4.83. The van der Waals surface area contributed by atoms with Gasteiger partial charge in [0.15, 0.2) is 0 Å². The zero-order chi connectivity index (χ0) is 19.7. The molecule has 0 aliphatic heterocycles. The number of benzene rings is 2. The Morgan fingerprint density at radius 3 is 2.96 bits per heavy atom. The van der Waals surface area contributed by atoms with Crippen molar-refractivity contribution >= 4 is 0 Å². The van der Waals surface area contributed by atoms with Crippen molar-refractivity contribution in [2.45, 2.75) is 32.8 Å². The molecule has 1 aliphatic rings. The number of rotatable bonds is 5. The van der Waals surface area contributed by atoms with Crippen molar-refractivity contribution in [2.24, 2.45) is 5.92 Å². The van der Waals surface area contributed by atoms with E-state index in [0.717, 1.165) is 23.1 Å². The van der Waals surface area contributed by atoms with Gasteiger partial charge in [-0.25, -0.2) is 0 Å². The van der Waals surface area contributed by atoms with Gasteiger partial charge in [0.2, 0.25) is 5.82 Å². The Morgan fingerprint density at radius 1 is 1.32 bits per heavy atom. The van der Waals surface area contributed by atoms with Crippen molar-refractivity contribution < 1.29 is 14.4 Å². The van der Waals surface area contributed by atoms with E-state index < -0.39 is 6.10 Å². The van der Waals surface area contributed by atoms with Crippen molar-refractivity contribution in [3.8, 4) is 34.7 Å². The summed E-state index contributed by atoms with van der Waals surface area (Å²) < 4.78 is 11.2. The average molecular weight is 375 g/mol. The fourth-order valence-electron chi connectivity index (χ4n) is 3.42. The van der Waals surface area contributed by atoms with Gasteiger partial charge >= 0.3 is 0 Å². The van der Waals surface area contributed by atoms with Gasteiger partial charge in [0.1, 0.15) is 11.8 Å². The van der Waals surface area contributed by atoms with Crippen LogP contribution in [0.2, 0.25) is 0 Å². The van der Waals surface area contributed by atoms with Crippen LogP contribution in [-0.4, -0.2) is 21.9 Å². The van der Waals surface area contributed by atoms with Crippen LogP contribution in [0, 0.1) is 17.2 Å². The predicted octanol–water partition coefficient (Wildman–Crippen LogP) is 4.29. The number of aromatic nitrogens is 2. The number of aliphatic hydroxyl groups excluding tert-OH is 1. The van der Waals surface area contributed by atoms with Gasteiger partial charge in [-0.05, 0) is 48.1 Å². The summed E-state index contributed by atoms with van der Waals surface area (Å²) in [4.78, 5) is 4.52. The highest BCUT2D eigenvalue weighted by Crippen LogP contribution is 2.37. The molecule has 0 fully saturated rings. The number of hydrogen-bond acceptors (Lipinski definition) is 6. The summed E-state index contributed by atoms with van der Waals surface area (Å²) in [6.07, 6.45) is 1.06. The highest BCUT2D eigenvalue weighted by Gasteiger charge is 2.25. The van der Waals surface area contributed by atoms with Gasteiger partial charge in [-0.3, -0.25) is 0 Å². The molecule has 2 aromatic carbocycles. The molecule has 142 valence electrons. The van der Waals surface area contributed by atoms with Crippen molar-refractivity contribution in [1.82, 2.24) is 10.1 Å². The van der Waals surface area contributed by atoms with E-state index in [0.29, 0.717) is 47.5 Å². The van der Waals surface area contributed by atoms with Gasteiger partial charge < -0.3 is 14.4 Å². The zero-order valence-corrected chi connectivity index (χ0v) is 15.8. The lowest BCUT2D eigenvalue weighted by Crippen LogP contribution is -2.05. The van der Waals surface area contributed by atoms with Crippen molar-refractivity contribution in [1.29, 1.82) is 5.26 Å². The van der Waals surface area contributed by atoms with Crippen molar-refractivity contribution in [2.75, 3.05) is 6.61 Å². The molecule has 0 bridgehead atoms. The maximum absolute atomic E-state index is 10.1. The molecule has 1 unspecified atom stereocenters. The van der Waals surface area contributed by atoms with E-state index in [1.807, 2.05) is 24.3 Å². The minimum absolute atomic E-state index is 0.345. The van der Waals surface area contributed by atoms with Gasteiger partial charge in [-0.15, -0.1) is 0 Å². The number of fused-ring (bicyclic) bond motifs is 1. The van der Waals surface area contributed by atoms with E-state index in [9.17, 15) is 10.4 Å². The van der Waals surface area contributed by atoms with Crippen LogP contribution in [0.5, 0.6) is 5.75 Å².